The van der Waals surface area contributed by atoms with Crippen molar-refractivity contribution in [3.05, 3.63) is 21.7 Å². The molecule has 0 radical (unpaired) electrons. The van der Waals surface area contributed by atoms with Crippen LogP contribution >= 0.6 is 11.3 Å². The number of thiazole rings is 1. The van der Waals surface area contributed by atoms with Crippen LogP contribution in [0.4, 0.5) is 11.6 Å². The second kappa shape index (κ2) is 6.62. The largest absolute Gasteiger partial charge is 0.372 e. The first-order valence-electron chi connectivity index (χ1n) is 7.71. The number of nitrogens with one attached hydrogen (secondary N) is 1. The number of piperidine rings is 1. The molecule has 0 atom stereocenters. The van der Waals surface area contributed by atoms with E-state index in [1.807, 2.05) is 0 Å². The van der Waals surface area contributed by atoms with Crippen LogP contribution in [-0.2, 0) is 0 Å². The van der Waals surface area contributed by atoms with E-state index < -0.39 is 0 Å². The summed E-state index contributed by atoms with van der Waals surface area (Å²) in [4.78, 5) is 18.3. The molecule has 1 N–H and O–H groups in total. The Kier molecular flexibility index (Phi) is 4.58. The quantitative estimate of drug-likeness (QED) is 0.502. The molecule has 0 bridgehead atoms. The Morgan fingerprint density at radius 3 is 3.00 bits per heavy atom. The van der Waals surface area contributed by atoms with Gasteiger partial charge in [-0.05, 0) is 49.7 Å². The third kappa shape index (κ3) is 3.22. The number of fused-ring (bicyclic) bond motifs is 1. The smallest absolute Gasteiger partial charge is 0.363 e. The third-order valence-electron chi connectivity index (χ3n) is 4.23. The molecule has 1 aliphatic heterocycles. The summed E-state index contributed by atoms with van der Waals surface area (Å²) >= 11 is 1.40. The van der Waals surface area contributed by atoms with Crippen molar-refractivity contribution < 1.29 is 4.92 Å². The lowest BCUT2D eigenvalue weighted by atomic mass is 9.99. The average Bonchev–Trinajstić information content (AvgIpc) is 3.05. The summed E-state index contributed by atoms with van der Waals surface area (Å²) in [5, 5.41) is 16.1. The molecule has 0 spiro atoms. The van der Waals surface area contributed by atoms with Crippen molar-refractivity contribution in [3.63, 3.8) is 0 Å². The molecule has 3 heterocycles. The summed E-state index contributed by atoms with van der Waals surface area (Å²) in [6, 6.07) is 0. The molecule has 1 aliphatic rings. The van der Waals surface area contributed by atoms with Crippen LogP contribution < -0.4 is 5.32 Å². The van der Waals surface area contributed by atoms with Crippen molar-refractivity contribution in [3.8, 4) is 0 Å². The fraction of sp³-hybridized carbons (Fsp3) is 0.643. The van der Waals surface area contributed by atoms with E-state index in [2.05, 4.69) is 22.1 Å². The molecule has 0 unspecified atom stereocenters. The van der Waals surface area contributed by atoms with Crippen molar-refractivity contribution in [2.75, 3.05) is 31.5 Å². The fourth-order valence-electron chi connectivity index (χ4n) is 2.86. The van der Waals surface area contributed by atoms with E-state index in [0.29, 0.717) is 17.3 Å². The van der Waals surface area contributed by atoms with Crippen LogP contribution in [0.1, 0.15) is 26.2 Å². The zero-order valence-electron chi connectivity index (χ0n) is 12.7. The van der Waals surface area contributed by atoms with Crippen LogP contribution in [0.2, 0.25) is 0 Å². The molecular formula is C14H21N5O2S. The molecule has 2 aromatic heterocycles. The topological polar surface area (TPSA) is 75.7 Å². The fourth-order valence-corrected chi connectivity index (χ4v) is 3.57. The Morgan fingerprint density at radius 1 is 1.50 bits per heavy atom. The number of aromatic nitrogens is 2. The van der Waals surface area contributed by atoms with Gasteiger partial charge in [0, 0.05) is 11.9 Å². The highest BCUT2D eigenvalue weighted by Crippen LogP contribution is 2.27. The molecule has 0 saturated carbocycles. The van der Waals surface area contributed by atoms with Gasteiger partial charge in [-0.1, -0.05) is 18.3 Å². The minimum Gasteiger partial charge on any atom is -0.363 e. The number of hydrogen-bond acceptors (Lipinski definition) is 6. The van der Waals surface area contributed by atoms with E-state index in [1.54, 1.807) is 11.6 Å². The summed E-state index contributed by atoms with van der Waals surface area (Å²) in [6.07, 6.45) is 5.20. The second-order valence-electron chi connectivity index (χ2n) is 5.90. The maximum absolute atomic E-state index is 11.2. The monoisotopic (exact) mass is 323 g/mol. The highest BCUT2D eigenvalue weighted by molar-refractivity contribution is 7.15. The zero-order chi connectivity index (χ0) is 15.5. The average molecular weight is 323 g/mol. The molecule has 120 valence electrons. The Morgan fingerprint density at radius 2 is 2.27 bits per heavy atom. The Labute approximate surface area is 133 Å². The van der Waals surface area contributed by atoms with Gasteiger partial charge in [-0.3, -0.25) is 0 Å². The van der Waals surface area contributed by atoms with Gasteiger partial charge in [-0.25, -0.2) is 0 Å². The second-order valence-corrected chi connectivity index (χ2v) is 6.77. The maximum atomic E-state index is 11.2. The number of hydrogen-bond donors (Lipinski definition) is 1. The molecular weight excluding hydrogens is 302 g/mol. The van der Waals surface area contributed by atoms with Crippen molar-refractivity contribution in [1.29, 1.82) is 0 Å². The van der Waals surface area contributed by atoms with E-state index in [1.165, 1.54) is 41.7 Å². The van der Waals surface area contributed by atoms with Crippen LogP contribution in [0.3, 0.4) is 0 Å². The zero-order valence-corrected chi connectivity index (χ0v) is 13.5. The van der Waals surface area contributed by atoms with Crippen molar-refractivity contribution in [2.45, 2.75) is 26.2 Å². The van der Waals surface area contributed by atoms with Gasteiger partial charge in [0.05, 0.1) is 0 Å². The lowest BCUT2D eigenvalue weighted by molar-refractivity contribution is -0.389. The number of anilines is 1. The lowest BCUT2D eigenvalue weighted by Gasteiger charge is -2.30. The first-order valence-corrected chi connectivity index (χ1v) is 8.59. The predicted octanol–water partition coefficient (Wildman–Crippen LogP) is 2.84. The molecule has 1 fully saturated rings. The molecule has 22 heavy (non-hydrogen) atoms. The van der Waals surface area contributed by atoms with Crippen LogP contribution in [0.5, 0.6) is 0 Å². The summed E-state index contributed by atoms with van der Waals surface area (Å²) in [7, 11) is 0. The minimum atomic E-state index is -0.374. The lowest BCUT2D eigenvalue weighted by Crippen LogP contribution is -2.34. The standard InChI is InChI=1S/C14H21N5O2S/c1-11-3-7-17(8-4-11)6-2-5-15-12-13(19(20)21)18-9-10-22-14(18)16-12/h9-11,15H,2-8H2,1H3. The maximum Gasteiger partial charge on any atom is 0.372 e. The first kappa shape index (κ1) is 15.2. The van der Waals surface area contributed by atoms with Crippen molar-refractivity contribution in [1.82, 2.24) is 14.3 Å². The van der Waals surface area contributed by atoms with Crippen LogP contribution in [0.15, 0.2) is 11.6 Å². The number of imidazole rings is 1. The molecule has 7 nitrogen and oxygen atoms in total. The Bertz CT molecular complexity index is 645. The molecule has 3 rings (SSSR count). The number of rotatable bonds is 6. The molecule has 1 saturated heterocycles. The van der Waals surface area contributed by atoms with Crippen LogP contribution in [0, 0.1) is 16.0 Å². The predicted molar refractivity (Wildman–Crippen MR) is 87.7 cm³/mol. The summed E-state index contributed by atoms with van der Waals surface area (Å²) in [6.45, 7) is 6.39. The molecule has 0 aromatic carbocycles. The molecule has 8 heteroatoms. The Hall–Kier alpha value is -1.67. The molecule has 0 aliphatic carbocycles. The van der Waals surface area contributed by atoms with E-state index in [0.717, 1.165) is 18.9 Å². The SMILES string of the molecule is CC1CCN(CCCNc2nc3sccn3c2[N+](=O)[O-])CC1. The highest BCUT2D eigenvalue weighted by atomic mass is 32.1. The summed E-state index contributed by atoms with van der Waals surface area (Å²) < 4.78 is 1.53. The van der Waals surface area contributed by atoms with Crippen molar-refractivity contribution >= 4 is 27.9 Å². The van der Waals surface area contributed by atoms with Gasteiger partial charge in [-0.2, -0.15) is 9.38 Å². The van der Waals surface area contributed by atoms with Gasteiger partial charge in [0.2, 0.25) is 5.82 Å². The van der Waals surface area contributed by atoms with Gasteiger partial charge in [-0.15, -0.1) is 0 Å². The molecule has 2 aromatic rings. The van der Waals surface area contributed by atoms with Gasteiger partial charge in [0.1, 0.15) is 6.20 Å². The van der Waals surface area contributed by atoms with Gasteiger partial charge in [0.25, 0.3) is 4.96 Å². The number of nitrogens with zero attached hydrogens (tertiary/aromatic N) is 4. The number of likely N-dealkylation sites (tertiary alicyclic amines) is 1. The summed E-state index contributed by atoms with van der Waals surface area (Å²) in [5.74, 6) is 1.25. The highest BCUT2D eigenvalue weighted by Gasteiger charge is 2.23. The number of nitro groups is 1. The van der Waals surface area contributed by atoms with Crippen LogP contribution in [-0.4, -0.2) is 45.4 Å². The van der Waals surface area contributed by atoms with E-state index in [4.69, 9.17) is 0 Å². The first-order chi connectivity index (χ1) is 10.6. The van der Waals surface area contributed by atoms with E-state index in [9.17, 15) is 10.1 Å². The normalized spacial score (nSPS) is 17.1. The van der Waals surface area contributed by atoms with E-state index in [-0.39, 0.29) is 10.7 Å². The van der Waals surface area contributed by atoms with Gasteiger partial charge < -0.3 is 20.3 Å². The summed E-state index contributed by atoms with van der Waals surface area (Å²) in [5.41, 5.74) is 0. The van der Waals surface area contributed by atoms with Gasteiger partial charge in [0.15, 0.2) is 0 Å². The van der Waals surface area contributed by atoms with E-state index >= 15 is 0 Å². The minimum absolute atomic E-state index is 0.0306. The van der Waals surface area contributed by atoms with Gasteiger partial charge >= 0.3 is 5.82 Å². The third-order valence-corrected chi connectivity index (χ3v) is 4.99. The molecule has 0 amide bonds. The van der Waals surface area contributed by atoms with Crippen LogP contribution in [0.25, 0.3) is 4.96 Å². The van der Waals surface area contributed by atoms with Crippen molar-refractivity contribution in [2.24, 2.45) is 5.92 Å². The Balaban J connectivity index is 1.52.